The minimum atomic E-state index is 0.0141. The quantitative estimate of drug-likeness (QED) is 0.391. The molecule has 5 nitrogen and oxygen atoms in total. The van der Waals surface area contributed by atoms with Crippen molar-refractivity contribution in [3.63, 3.8) is 0 Å². The van der Waals surface area contributed by atoms with Crippen LogP contribution in [0.4, 0.5) is 0 Å². The van der Waals surface area contributed by atoms with E-state index < -0.39 is 0 Å². The highest BCUT2D eigenvalue weighted by molar-refractivity contribution is 5.91. The van der Waals surface area contributed by atoms with Gasteiger partial charge < -0.3 is 14.4 Å². The Labute approximate surface area is 202 Å². The number of benzene rings is 3. The summed E-state index contributed by atoms with van der Waals surface area (Å²) in [5.74, 6) is 1.58. The molecule has 1 aliphatic heterocycles. The Morgan fingerprint density at radius 3 is 2.38 bits per heavy atom. The van der Waals surface area contributed by atoms with Gasteiger partial charge in [-0.2, -0.15) is 0 Å². The lowest BCUT2D eigenvalue weighted by Gasteiger charge is -2.28. The lowest BCUT2D eigenvalue weighted by atomic mass is 10.1. The zero-order chi connectivity index (χ0) is 23.4. The van der Waals surface area contributed by atoms with Crippen molar-refractivity contribution in [2.24, 2.45) is 0 Å². The summed E-state index contributed by atoms with van der Waals surface area (Å²) in [4.78, 5) is 17.5. The van der Waals surface area contributed by atoms with Gasteiger partial charge in [0.05, 0.1) is 13.2 Å². The third-order valence-electron chi connectivity index (χ3n) is 5.79. The molecule has 0 saturated carbocycles. The van der Waals surface area contributed by atoms with Crippen LogP contribution in [0.15, 0.2) is 91.0 Å². The van der Waals surface area contributed by atoms with E-state index >= 15 is 0 Å². The standard InChI is InChI=1S/C29H32N2O3/c32-29(16-15-25-9-3-1-4-10-25)31(18-8-17-30-19-21-33-22-20-30)24-26-11-7-14-28(23-26)34-27-12-5-2-6-13-27/h1-7,9-16,23H,8,17-22,24H2. The zero-order valence-corrected chi connectivity index (χ0v) is 19.5. The second-order valence-corrected chi connectivity index (χ2v) is 8.37. The molecule has 0 aliphatic carbocycles. The summed E-state index contributed by atoms with van der Waals surface area (Å²) in [7, 11) is 0. The van der Waals surface area contributed by atoms with E-state index in [4.69, 9.17) is 9.47 Å². The largest absolute Gasteiger partial charge is 0.457 e. The number of rotatable bonds is 10. The summed E-state index contributed by atoms with van der Waals surface area (Å²) < 4.78 is 11.4. The van der Waals surface area contributed by atoms with Crippen molar-refractivity contribution < 1.29 is 14.3 Å². The van der Waals surface area contributed by atoms with Gasteiger partial charge in [0.25, 0.3) is 0 Å². The van der Waals surface area contributed by atoms with Gasteiger partial charge in [0, 0.05) is 38.8 Å². The van der Waals surface area contributed by atoms with Gasteiger partial charge in [-0.05, 0) is 47.9 Å². The summed E-state index contributed by atoms with van der Waals surface area (Å²) in [6.45, 7) is 5.69. The molecular formula is C29H32N2O3. The van der Waals surface area contributed by atoms with Crippen molar-refractivity contribution in [2.75, 3.05) is 39.4 Å². The molecule has 34 heavy (non-hydrogen) atoms. The molecule has 0 unspecified atom stereocenters. The highest BCUT2D eigenvalue weighted by Gasteiger charge is 2.15. The van der Waals surface area contributed by atoms with Crippen LogP contribution in [0.3, 0.4) is 0 Å². The van der Waals surface area contributed by atoms with Crippen molar-refractivity contribution in [1.29, 1.82) is 0 Å². The van der Waals surface area contributed by atoms with E-state index in [2.05, 4.69) is 4.90 Å². The topological polar surface area (TPSA) is 42.0 Å². The summed E-state index contributed by atoms with van der Waals surface area (Å²) in [5, 5.41) is 0. The van der Waals surface area contributed by atoms with E-state index in [0.29, 0.717) is 13.1 Å². The second kappa shape index (κ2) is 12.7. The number of morpholine rings is 1. The number of carbonyl (C=O) groups excluding carboxylic acids is 1. The van der Waals surface area contributed by atoms with Gasteiger partial charge in [-0.1, -0.05) is 60.7 Å². The van der Waals surface area contributed by atoms with Crippen LogP contribution in [0.25, 0.3) is 6.08 Å². The number of amides is 1. The molecule has 1 aliphatic rings. The SMILES string of the molecule is O=C(C=Cc1ccccc1)N(CCCN1CCOCC1)Cc1cccc(Oc2ccccc2)c1. The van der Waals surface area contributed by atoms with Crippen LogP contribution >= 0.6 is 0 Å². The summed E-state index contributed by atoms with van der Waals surface area (Å²) in [6, 6.07) is 27.6. The first-order valence-corrected chi connectivity index (χ1v) is 11.9. The molecule has 3 aromatic carbocycles. The van der Waals surface area contributed by atoms with Crippen molar-refractivity contribution in [3.05, 3.63) is 102 Å². The van der Waals surface area contributed by atoms with Crippen LogP contribution in [0.5, 0.6) is 11.5 Å². The fourth-order valence-corrected chi connectivity index (χ4v) is 3.97. The van der Waals surface area contributed by atoms with E-state index in [1.165, 1.54) is 0 Å². The maximum atomic E-state index is 13.2. The van der Waals surface area contributed by atoms with Gasteiger partial charge in [-0.25, -0.2) is 0 Å². The van der Waals surface area contributed by atoms with Crippen molar-refractivity contribution in [2.45, 2.75) is 13.0 Å². The van der Waals surface area contributed by atoms with E-state index in [1.54, 1.807) is 6.08 Å². The van der Waals surface area contributed by atoms with E-state index in [0.717, 1.165) is 61.9 Å². The molecule has 4 rings (SSSR count). The highest BCUT2D eigenvalue weighted by Crippen LogP contribution is 2.22. The van der Waals surface area contributed by atoms with Gasteiger partial charge in [-0.3, -0.25) is 9.69 Å². The number of carbonyl (C=O) groups is 1. The molecular weight excluding hydrogens is 424 g/mol. The molecule has 0 N–H and O–H groups in total. The Bertz CT molecular complexity index is 1050. The second-order valence-electron chi connectivity index (χ2n) is 8.37. The lowest BCUT2D eigenvalue weighted by Crippen LogP contribution is -2.38. The molecule has 176 valence electrons. The summed E-state index contributed by atoms with van der Waals surface area (Å²) >= 11 is 0. The van der Waals surface area contributed by atoms with E-state index in [1.807, 2.05) is 95.9 Å². The monoisotopic (exact) mass is 456 g/mol. The Hall–Kier alpha value is -3.41. The minimum Gasteiger partial charge on any atom is -0.457 e. The first kappa shape index (κ1) is 23.7. The Kier molecular flexibility index (Phi) is 8.89. The van der Waals surface area contributed by atoms with Gasteiger partial charge in [0.15, 0.2) is 0 Å². The first-order valence-electron chi connectivity index (χ1n) is 11.9. The van der Waals surface area contributed by atoms with Crippen molar-refractivity contribution in [1.82, 2.24) is 9.80 Å². The van der Waals surface area contributed by atoms with Crippen LogP contribution in [-0.4, -0.2) is 55.1 Å². The molecule has 0 aromatic heterocycles. The molecule has 1 fully saturated rings. The number of hydrogen-bond acceptors (Lipinski definition) is 4. The molecule has 1 amide bonds. The average molecular weight is 457 g/mol. The van der Waals surface area contributed by atoms with Crippen molar-refractivity contribution in [3.8, 4) is 11.5 Å². The molecule has 1 heterocycles. The van der Waals surface area contributed by atoms with Crippen LogP contribution in [0.2, 0.25) is 0 Å². The first-order chi connectivity index (χ1) is 16.8. The Morgan fingerprint density at radius 1 is 0.912 bits per heavy atom. The van der Waals surface area contributed by atoms with Crippen LogP contribution in [-0.2, 0) is 16.1 Å². The fourth-order valence-electron chi connectivity index (χ4n) is 3.97. The number of para-hydroxylation sites is 1. The predicted molar refractivity (Wildman–Crippen MR) is 136 cm³/mol. The summed E-state index contributed by atoms with van der Waals surface area (Å²) in [6.07, 6.45) is 4.48. The predicted octanol–water partition coefficient (Wildman–Crippen LogP) is 5.24. The molecule has 0 radical (unpaired) electrons. The van der Waals surface area contributed by atoms with E-state index in [-0.39, 0.29) is 5.91 Å². The molecule has 1 saturated heterocycles. The maximum Gasteiger partial charge on any atom is 0.246 e. The Morgan fingerprint density at radius 2 is 1.62 bits per heavy atom. The Balaban J connectivity index is 1.42. The van der Waals surface area contributed by atoms with Crippen LogP contribution < -0.4 is 4.74 Å². The third kappa shape index (κ3) is 7.58. The normalized spacial score (nSPS) is 14.2. The maximum absolute atomic E-state index is 13.2. The van der Waals surface area contributed by atoms with Gasteiger partial charge in [-0.15, -0.1) is 0 Å². The van der Waals surface area contributed by atoms with Gasteiger partial charge in [0.2, 0.25) is 5.91 Å². The highest BCUT2D eigenvalue weighted by atomic mass is 16.5. The van der Waals surface area contributed by atoms with Crippen LogP contribution in [0, 0.1) is 0 Å². The zero-order valence-electron chi connectivity index (χ0n) is 19.5. The molecule has 0 bridgehead atoms. The lowest BCUT2D eigenvalue weighted by molar-refractivity contribution is -0.126. The molecule has 5 heteroatoms. The molecule has 3 aromatic rings. The summed E-state index contributed by atoms with van der Waals surface area (Å²) in [5.41, 5.74) is 2.06. The van der Waals surface area contributed by atoms with Crippen molar-refractivity contribution >= 4 is 12.0 Å². The third-order valence-corrected chi connectivity index (χ3v) is 5.79. The van der Waals surface area contributed by atoms with E-state index in [9.17, 15) is 4.79 Å². The fraction of sp³-hybridized carbons (Fsp3) is 0.276. The smallest absolute Gasteiger partial charge is 0.246 e. The molecule has 0 atom stereocenters. The number of ether oxygens (including phenoxy) is 2. The number of nitrogens with zero attached hydrogens (tertiary/aromatic N) is 2. The number of hydrogen-bond donors (Lipinski definition) is 0. The molecule has 0 spiro atoms. The minimum absolute atomic E-state index is 0.0141. The van der Waals surface area contributed by atoms with Gasteiger partial charge in [0.1, 0.15) is 11.5 Å². The van der Waals surface area contributed by atoms with Crippen LogP contribution in [0.1, 0.15) is 17.5 Å². The average Bonchev–Trinajstić information content (AvgIpc) is 2.89. The van der Waals surface area contributed by atoms with Gasteiger partial charge >= 0.3 is 0 Å².